The van der Waals surface area contributed by atoms with Gasteiger partial charge in [0.05, 0.1) is 5.56 Å². The number of likely N-dealkylation sites (tertiary alicyclic amines) is 1. The third-order valence-electron chi connectivity index (χ3n) is 4.04. The number of nitrogens with one attached hydrogen (secondary N) is 1. The van der Waals surface area contributed by atoms with Crippen LogP contribution in [0.2, 0.25) is 0 Å². The van der Waals surface area contributed by atoms with E-state index < -0.39 is 0 Å². The second-order valence-electron chi connectivity index (χ2n) is 6.37. The number of hydrogen-bond donors (Lipinski definition) is 1. The number of rotatable bonds is 1. The quantitative estimate of drug-likeness (QED) is 0.844. The number of carbonyl (C=O) groups excluding carboxylic acids is 1. The standard InChI is InChI=1S/C15H22N2O2/c1-15(2,3)12-6-8-17(9-7-12)14(19)11-4-5-13(18)16-10-11/h4-5,10,12H,6-9H2,1-3H3,(H,16,18). The molecule has 1 fully saturated rings. The predicted molar refractivity (Wildman–Crippen MR) is 75.1 cm³/mol. The number of hydrogen-bond acceptors (Lipinski definition) is 2. The molecule has 104 valence electrons. The number of aromatic amines is 1. The topological polar surface area (TPSA) is 53.2 Å². The highest BCUT2D eigenvalue weighted by atomic mass is 16.2. The third kappa shape index (κ3) is 3.25. The van der Waals surface area contributed by atoms with E-state index in [1.807, 2.05) is 4.90 Å². The molecule has 0 saturated carbocycles. The molecule has 4 heteroatoms. The van der Waals surface area contributed by atoms with Crippen molar-refractivity contribution in [3.05, 3.63) is 34.2 Å². The van der Waals surface area contributed by atoms with Gasteiger partial charge in [-0.25, -0.2) is 0 Å². The summed E-state index contributed by atoms with van der Waals surface area (Å²) in [7, 11) is 0. The second kappa shape index (κ2) is 5.19. The first kappa shape index (κ1) is 13.8. The number of carbonyl (C=O) groups is 1. The van der Waals surface area contributed by atoms with Gasteiger partial charge in [0.2, 0.25) is 5.56 Å². The highest BCUT2D eigenvalue weighted by Crippen LogP contribution is 2.34. The summed E-state index contributed by atoms with van der Waals surface area (Å²) in [6, 6.07) is 2.99. The number of H-pyrrole nitrogens is 1. The second-order valence-corrected chi connectivity index (χ2v) is 6.37. The van der Waals surface area contributed by atoms with Crippen LogP contribution in [0.15, 0.2) is 23.1 Å². The summed E-state index contributed by atoms with van der Waals surface area (Å²) in [4.78, 5) is 27.7. The molecule has 0 unspecified atom stereocenters. The Kier molecular flexibility index (Phi) is 3.78. The van der Waals surface area contributed by atoms with Gasteiger partial charge in [0.25, 0.3) is 5.91 Å². The monoisotopic (exact) mass is 262 g/mol. The summed E-state index contributed by atoms with van der Waals surface area (Å²) in [5.41, 5.74) is 0.699. The van der Waals surface area contributed by atoms with Crippen molar-refractivity contribution in [2.24, 2.45) is 11.3 Å². The summed E-state index contributed by atoms with van der Waals surface area (Å²) in [6.45, 7) is 8.39. The van der Waals surface area contributed by atoms with Crippen LogP contribution in [0.1, 0.15) is 44.0 Å². The molecule has 0 radical (unpaired) electrons. The predicted octanol–water partition coefficient (Wildman–Crippen LogP) is 2.27. The van der Waals surface area contributed by atoms with Gasteiger partial charge in [-0.15, -0.1) is 0 Å². The van der Waals surface area contributed by atoms with Gasteiger partial charge < -0.3 is 9.88 Å². The number of piperidine rings is 1. The van der Waals surface area contributed by atoms with Crippen LogP contribution < -0.4 is 5.56 Å². The molecule has 0 atom stereocenters. The minimum atomic E-state index is -0.178. The molecule has 1 saturated heterocycles. The van der Waals surface area contributed by atoms with Gasteiger partial charge in [0.1, 0.15) is 0 Å². The summed E-state index contributed by atoms with van der Waals surface area (Å²) < 4.78 is 0. The van der Waals surface area contributed by atoms with Crippen molar-refractivity contribution in [1.82, 2.24) is 9.88 Å². The molecule has 0 spiro atoms. The SMILES string of the molecule is CC(C)(C)C1CCN(C(=O)c2ccc(=O)[nH]c2)CC1. The van der Waals surface area contributed by atoms with Gasteiger partial charge >= 0.3 is 0 Å². The van der Waals surface area contributed by atoms with Crippen molar-refractivity contribution < 1.29 is 4.79 Å². The van der Waals surface area contributed by atoms with Crippen LogP contribution in [0.5, 0.6) is 0 Å². The van der Waals surface area contributed by atoms with E-state index in [1.54, 1.807) is 6.07 Å². The van der Waals surface area contributed by atoms with Crippen LogP contribution in [0.4, 0.5) is 0 Å². The molecule has 1 aromatic rings. The van der Waals surface area contributed by atoms with Crippen molar-refractivity contribution in [2.75, 3.05) is 13.1 Å². The molecule has 19 heavy (non-hydrogen) atoms. The zero-order valence-corrected chi connectivity index (χ0v) is 11.9. The molecule has 1 N–H and O–H groups in total. The average molecular weight is 262 g/mol. The molecule has 4 nitrogen and oxygen atoms in total. The molecule has 1 aliphatic rings. The van der Waals surface area contributed by atoms with Gasteiger partial charge in [-0.05, 0) is 30.2 Å². The van der Waals surface area contributed by atoms with Gasteiger partial charge in [-0.1, -0.05) is 20.8 Å². The minimum absolute atomic E-state index is 0.0172. The van der Waals surface area contributed by atoms with Gasteiger partial charge in [-0.3, -0.25) is 9.59 Å². The summed E-state index contributed by atoms with van der Waals surface area (Å²) in [6.07, 6.45) is 3.61. The molecule has 1 aromatic heterocycles. The Balaban J connectivity index is 2.00. The van der Waals surface area contributed by atoms with Crippen LogP contribution in [-0.4, -0.2) is 28.9 Å². The largest absolute Gasteiger partial charge is 0.339 e. The van der Waals surface area contributed by atoms with Gasteiger partial charge in [0.15, 0.2) is 0 Å². The van der Waals surface area contributed by atoms with Gasteiger partial charge in [0, 0.05) is 25.4 Å². The zero-order valence-electron chi connectivity index (χ0n) is 11.9. The van der Waals surface area contributed by atoms with E-state index >= 15 is 0 Å². The minimum Gasteiger partial charge on any atom is -0.339 e. The summed E-state index contributed by atoms with van der Waals surface area (Å²) >= 11 is 0. The Morgan fingerprint density at radius 2 is 1.89 bits per heavy atom. The lowest BCUT2D eigenvalue weighted by Crippen LogP contribution is -2.41. The first-order valence-corrected chi connectivity index (χ1v) is 6.86. The number of aromatic nitrogens is 1. The number of amides is 1. The number of nitrogens with zero attached hydrogens (tertiary/aromatic N) is 1. The molecule has 1 amide bonds. The fourth-order valence-electron chi connectivity index (χ4n) is 2.67. The van der Waals surface area contributed by atoms with Crippen LogP contribution >= 0.6 is 0 Å². The van der Waals surface area contributed by atoms with Gasteiger partial charge in [-0.2, -0.15) is 0 Å². The molecular weight excluding hydrogens is 240 g/mol. The van der Waals surface area contributed by atoms with E-state index in [1.165, 1.54) is 12.3 Å². The molecule has 0 bridgehead atoms. The van der Waals surface area contributed by atoms with E-state index in [9.17, 15) is 9.59 Å². The Morgan fingerprint density at radius 3 is 2.37 bits per heavy atom. The lowest BCUT2D eigenvalue weighted by atomic mass is 9.75. The van der Waals surface area contributed by atoms with E-state index in [0.29, 0.717) is 16.9 Å². The summed E-state index contributed by atoms with van der Waals surface area (Å²) in [5, 5.41) is 0. The molecular formula is C15H22N2O2. The maximum Gasteiger partial charge on any atom is 0.255 e. The first-order valence-electron chi connectivity index (χ1n) is 6.86. The van der Waals surface area contributed by atoms with E-state index in [2.05, 4.69) is 25.8 Å². The van der Waals surface area contributed by atoms with E-state index in [0.717, 1.165) is 25.9 Å². The fraction of sp³-hybridized carbons (Fsp3) is 0.600. The Labute approximate surface area is 113 Å². The van der Waals surface area contributed by atoms with Crippen molar-refractivity contribution in [2.45, 2.75) is 33.6 Å². The lowest BCUT2D eigenvalue weighted by Gasteiger charge is -2.38. The van der Waals surface area contributed by atoms with Crippen molar-refractivity contribution in [3.63, 3.8) is 0 Å². The normalized spacial score (nSPS) is 17.5. The van der Waals surface area contributed by atoms with Crippen molar-refractivity contribution in [1.29, 1.82) is 0 Å². The Morgan fingerprint density at radius 1 is 1.26 bits per heavy atom. The lowest BCUT2D eigenvalue weighted by molar-refractivity contribution is 0.0608. The van der Waals surface area contributed by atoms with Crippen molar-refractivity contribution in [3.8, 4) is 0 Å². The highest BCUT2D eigenvalue weighted by molar-refractivity contribution is 5.93. The van der Waals surface area contributed by atoms with Crippen LogP contribution in [-0.2, 0) is 0 Å². The smallest absolute Gasteiger partial charge is 0.255 e. The zero-order chi connectivity index (χ0) is 14.0. The average Bonchev–Trinajstić information content (AvgIpc) is 2.38. The van der Waals surface area contributed by atoms with Crippen LogP contribution in [0.25, 0.3) is 0 Å². The third-order valence-corrected chi connectivity index (χ3v) is 4.04. The van der Waals surface area contributed by atoms with Crippen LogP contribution in [0.3, 0.4) is 0 Å². The first-order chi connectivity index (χ1) is 8.88. The fourth-order valence-corrected chi connectivity index (χ4v) is 2.67. The molecule has 2 rings (SSSR count). The Bertz CT molecular complexity index is 485. The van der Waals surface area contributed by atoms with E-state index in [4.69, 9.17) is 0 Å². The van der Waals surface area contributed by atoms with E-state index in [-0.39, 0.29) is 11.5 Å². The van der Waals surface area contributed by atoms with Crippen LogP contribution in [0, 0.1) is 11.3 Å². The maximum atomic E-state index is 12.3. The number of pyridine rings is 1. The molecule has 0 aromatic carbocycles. The highest BCUT2D eigenvalue weighted by Gasteiger charge is 2.30. The maximum absolute atomic E-state index is 12.3. The molecule has 1 aliphatic heterocycles. The molecule has 0 aliphatic carbocycles. The summed E-state index contributed by atoms with van der Waals surface area (Å²) in [5.74, 6) is 0.690. The Hall–Kier alpha value is -1.58. The van der Waals surface area contributed by atoms with Crippen molar-refractivity contribution >= 4 is 5.91 Å². The molecule has 2 heterocycles.